The van der Waals surface area contributed by atoms with Crippen LogP contribution in [-0.2, 0) is 0 Å². The lowest BCUT2D eigenvalue weighted by Crippen LogP contribution is -2.14. The van der Waals surface area contributed by atoms with E-state index in [1.54, 1.807) is 18.2 Å². The van der Waals surface area contributed by atoms with Crippen LogP contribution in [0.5, 0.6) is 5.75 Å². The zero-order valence-electron chi connectivity index (χ0n) is 15.1. The Kier molecular flexibility index (Phi) is 4.12. The molecule has 2 aromatic heterocycles. The molecule has 4 rings (SSSR count). The van der Waals surface area contributed by atoms with Crippen LogP contribution in [0.1, 0.15) is 21.5 Å². The van der Waals surface area contributed by atoms with Crippen molar-refractivity contribution in [1.82, 2.24) is 9.38 Å². The molecule has 2 heterocycles. The van der Waals surface area contributed by atoms with E-state index in [0.29, 0.717) is 11.5 Å². The summed E-state index contributed by atoms with van der Waals surface area (Å²) >= 11 is 0. The van der Waals surface area contributed by atoms with Gasteiger partial charge in [0, 0.05) is 11.8 Å². The van der Waals surface area contributed by atoms with Crippen molar-refractivity contribution >= 4 is 17.4 Å². The molecule has 5 nitrogen and oxygen atoms in total. The topological polar surface area (TPSA) is 66.6 Å². The minimum absolute atomic E-state index is 0.0584. The molecular weight excluding hydrogens is 338 g/mol. The number of fused-ring (bicyclic) bond motifs is 1. The van der Waals surface area contributed by atoms with Crippen LogP contribution >= 0.6 is 0 Å². The summed E-state index contributed by atoms with van der Waals surface area (Å²) in [6.07, 6.45) is 1.93. The van der Waals surface area contributed by atoms with E-state index in [1.165, 1.54) is 6.07 Å². The molecule has 0 aliphatic rings. The molecule has 0 fully saturated rings. The minimum atomic E-state index is -0.384. The molecule has 0 unspecified atom stereocenters. The Balaban J connectivity index is 1.85. The summed E-state index contributed by atoms with van der Waals surface area (Å²) in [7, 11) is 0. The zero-order valence-corrected chi connectivity index (χ0v) is 15.1. The van der Waals surface area contributed by atoms with Crippen LogP contribution < -0.4 is 5.32 Å². The second-order valence-corrected chi connectivity index (χ2v) is 6.58. The Morgan fingerprint density at radius 3 is 2.41 bits per heavy atom. The van der Waals surface area contributed by atoms with E-state index >= 15 is 0 Å². The third-order valence-corrected chi connectivity index (χ3v) is 4.47. The van der Waals surface area contributed by atoms with E-state index in [0.717, 1.165) is 22.3 Å². The summed E-state index contributed by atoms with van der Waals surface area (Å²) in [4.78, 5) is 17.5. The fourth-order valence-corrected chi connectivity index (χ4v) is 3.02. The summed E-state index contributed by atoms with van der Waals surface area (Å²) in [5.41, 5.74) is 4.75. The van der Waals surface area contributed by atoms with Gasteiger partial charge in [0.1, 0.15) is 22.9 Å². The molecule has 0 aliphatic carbocycles. The molecule has 2 aromatic carbocycles. The van der Waals surface area contributed by atoms with Gasteiger partial charge in [0.2, 0.25) is 0 Å². The maximum atomic E-state index is 12.8. The van der Waals surface area contributed by atoms with Gasteiger partial charge in [-0.15, -0.1) is 0 Å². The smallest absolute Gasteiger partial charge is 0.260 e. The summed E-state index contributed by atoms with van der Waals surface area (Å²) < 4.78 is 1.86. The summed E-state index contributed by atoms with van der Waals surface area (Å²) in [6, 6.07) is 18.4. The number of benzene rings is 2. The van der Waals surface area contributed by atoms with Crippen molar-refractivity contribution in [3.8, 4) is 17.0 Å². The van der Waals surface area contributed by atoms with Crippen LogP contribution in [0.3, 0.4) is 0 Å². The first-order chi connectivity index (χ1) is 13.0. The Morgan fingerprint density at radius 2 is 1.67 bits per heavy atom. The highest BCUT2D eigenvalue weighted by Gasteiger charge is 2.18. The number of phenolic OH excluding ortho intramolecular Hbond substituents is 1. The average molecular weight is 357 g/mol. The molecule has 2 N–H and O–H groups in total. The van der Waals surface area contributed by atoms with Crippen LogP contribution in [0.2, 0.25) is 0 Å². The number of para-hydroxylation sites is 1. The van der Waals surface area contributed by atoms with E-state index in [2.05, 4.69) is 5.32 Å². The largest absolute Gasteiger partial charge is 0.507 e. The number of hydrogen-bond donors (Lipinski definition) is 2. The highest BCUT2D eigenvalue weighted by Crippen LogP contribution is 2.30. The Bertz CT molecular complexity index is 1140. The number of aryl methyl sites for hydroxylation is 2. The molecule has 134 valence electrons. The van der Waals surface area contributed by atoms with E-state index in [-0.39, 0.29) is 17.2 Å². The fourth-order valence-electron chi connectivity index (χ4n) is 3.02. The van der Waals surface area contributed by atoms with E-state index in [9.17, 15) is 9.90 Å². The summed E-state index contributed by atoms with van der Waals surface area (Å²) in [6.45, 7) is 4.01. The summed E-state index contributed by atoms with van der Waals surface area (Å²) in [5.74, 6) is 0.132. The number of aromatic nitrogens is 2. The molecule has 1 amide bonds. The number of nitrogens with one attached hydrogen (secondary N) is 1. The lowest BCUT2D eigenvalue weighted by molar-refractivity contribution is 0.102. The number of carbonyl (C=O) groups is 1. The number of rotatable bonds is 3. The standard InChI is InChI=1S/C22H19N3O2/c1-14-7-10-16(11-8-14)20-21(25-13-15(2)9-12-19(25)23-20)24-22(27)17-5-3-4-6-18(17)26/h3-13,26H,1-2H3,(H,24,27). The quantitative estimate of drug-likeness (QED) is 0.564. The van der Waals surface area contributed by atoms with Gasteiger partial charge < -0.3 is 10.4 Å². The molecule has 27 heavy (non-hydrogen) atoms. The van der Waals surface area contributed by atoms with E-state index < -0.39 is 0 Å². The number of phenols is 1. The van der Waals surface area contributed by atoms with Gasteiger partial charge in [-0.2, -0.15) is 0 Å². The first-order valence-electron chi connectivity index (χ1n) is 8.68. The molecule has 5 heteroatoms. The van der Waals surface area contributed by atoms with Crippen molar-refractivity contribution in [3.63, 3.8) is 0 Å². The molecule has 0 spiro atoms. The molecule has 4 aromatic rings. The number of imidazole rings is 1. The van der Waals surface area contributed by atoms with Gasteiger partial charge in [-0.05, 0) is 37.6 Å². The summed E-state index contributed by atoms with van der Waals surface area (Å²) in [5, 5.41) is 12.9. The number of pyridine rings is 1. The average Bonchev–Trinajstić information content (AvgIpc) is 3.00. The second kappa shape index (κ2) is 6.61. The van der Waals surface area contributed by atoms with Crippen molar-refractivity contribution in [2.24, 2.45) is 0 Å². The minimum Gasteiger partial charge on any atom is -0.507 e. The lowest BCUT2D eigenvalue weighted by Gasteiger charge is -2.09. The van der Waals surface area contributed by atoms with Gasteiger partial charge in [-0.3, -0.25) is 9.20 Å². The molecule has 0 radical (unpaired) electrons. The predicted octanol–water partition coefficient (Wildman–Crippen LogP) is 4.58. The maximum absolute atomic E-state index is 12.8. The van der Waals surface area contributed by atoms with Gasteiger partial charge in [0.25, 0.3) is 5.91 Å². The molecule has 0 aliphatic heterocycles. The highest BCUT2D eigenvalue weighted by molar-refractivity contribution is 6.07. The monoisotopic (exact) mass is 357 g/mol. The first kappa shape index (κ1) is 16.8. The van der Waals surface area contributed by atoms with Crippen molar-refractivity contribution in [2.45, 2.75) is 13.8 Å². The molecule has 0 saturated carbocycles. The van der Waals surface area contributed by atoms with E-state index in [4.69, 9.17) is 4.98 Å². The number of carbonyl (C=O) groups excluding carboxylic acids is 1. The number of hydrogen-bond acceptors (Lipinski definition) is 3. The molecular formula is C22H19N3O2. The van der Waals surface area contributed by atoms with Gasteiger partial charge in [-0.1, -0.05) is 48.0 Å². The van der Waals surface area contributed by atoms with Crippen LogP contribution in [0.4, 0.5) is 5.82 Å². The molecule has 0 saturated heterocycles. The molecule has 0 atom stereocenters. The van der Waals surface area contributed by atoms with Crippen molar-refractivity contribution < 1.29 is 9.90 Å². The van der Waals surface area contributed by atoms with Crippen LogP contribution in [-0.4, -0.2) is 20.4 Å². The van der Waals surface area contributed by atoms with Crippen LogP contribution in [0.15, 0.2) is 66.9 Å². The second-order valence-electron chi connectivity index (χ2n) is 6.58. The third-order valence-electron chi connectivity index (χ3n) is 4.47. The maximum Gasteiger partial charge on any atom is 0.260 e. The van der Waals surface area contributed by atoms with Crippen molar-refractivity contribution in [2.75, 3.05) is 5.32 Å². The highest BCUT2D eigenvalue weighted by atomic mass is 16.3. The predicted molar refractivity (Wildman–Crippen MR) is 106 cm³/mol. The zero-order chi connectivity index (χ0) is 19.0. The number of amides is 1. The van der Waals surface area contributed by atoms with E-state index in [1.807, 2.05) is 60.8 Å². The normalized spacial score (nSPS) is 10.9. The first-order valence-corrected chi connectivity index (χ1v) is 8.68. The Labute approximate surface area is 156 Å². The number of anilines is 1. The Hall–Kier alpha value is -3.60. The van der Waals surface area contributed by atoms with Crippen molar-refractivity contribution in [3.05, 3.63) is 83.6 Å². The Morgan fingerprint density at radius 1 is 0.963 bits per heavy atom. The fraction of sp³-hybridized carbons (Fsp3) is 0.0909. The third kappa shape index (κ3) is 3.15. The lowest BCUT2D eigenvalue weighted by atomic mass is 10.1. The van der Waals surface area contributed by atoms with Crippen LogP contribution in [0.25, 0.3) is 16.9 Å². The van der Waals surface area contributed by atoms with Crippen molar-refractivity contribution in [1.29, 1.82) is 0 Å². The number of aromatic hydroxyl groups is 1. The van der Waals surface area contributed by atoms with Gasteiger partial charge >= 0.3 is 0 Å². The van der Waals surface area contributed by atoms with Gasteiger partial charge in [-0.25, -0.2) is 4.98 Å². The van der Waals surface area contributed by atoms with Crippen LogP contribution in [0, 0.1) is 13.8 Å². The van der Waals surface area contributed by atoms with Gasteiger partial charge in [0.05, 0.1) is 5.56 Å². The SMILES string of the molecule is Cc1ccc(-c2nc3ccc(C)cn3c2NC(=O)c2ccccc2O)cc1. The van der Waals surface area contributed by atoms with Gasteiger partial charge in [0.15, 0.2) is 0 Å². The number of nitrogens with zero attached hydrogens (tertiary/aromatic N) is 2. The molecule has 0 bridgehead atoms.